The van der Waals surface area contributed by atoms with Gasteiger partial charge in [-0.05, 0) is 23.8 Å². The smallest absolute Gasteiger partial charge is 0.181 e. The van der Waals surface area contributed by atoms with Crippen molar-refractivity contribution in [2.75, 3.05) is 20.8 Å². The number of imidazole rings is 1. The first-order valence-electron chi connectivity index (χ1n) is 9.35. The summed E-state index contributed by atoms with van der Waals surface area (Å²) in [6, 6.07) is 11.4. The van der Waals surface area contributed by atoms with E-state index < -0.39 is 0 Å². The van der Waals surface area contributed by atoms with Crippen LogP contribution in [0.3, 0.4) is 0 Å². The number of aryl methyl sites for hydroxylation is 1. The number of hydrogen-bond acceptors (Lipinski definition) is 5. The van der Waals surface area contributed by atoms with Gasteiger partial charge in [-0.3, -0.25) is 5.32 Å². The van der Waals surface area contributed by atoms with E-state index in [1.165, 1.54) is 0 Å². The largest absolute Gasteiger partial charge is 0.496 e. The van der Waals surface area contributed by atoms with E-state index in [2.05, 4.69) is 16.2 Å². The van der Waals surface area contributed by atoms with Crippen LogP contribution < -0.4 is 19.5 Å². The number of halogens is 1. The van der Waals surface area contributed by atoms with Crippen molar-refractivity contribution in [2.24, 2.45) is 7.05 Å². The summed E-state index contributed by atoms with van der Waals surface area (Å²) in [5.74, 6) is 5.04. The predicted octanol–water partition coefficient (Wildman–Crippen LogP) is 3.98. The summed E-state index contributed by atoms with van der Waals surface area (Å²) in [5.41, 5.74) is 1.92. The molecule has 0 amide bonds. The van der Waals surface area contributed by atoms with E-state index in [0.29, 0.717) is 23.1 Å². The SMILES string of the molecule is C#CCOc1c(Cl)cc(CNC(c2ccccc2OC)c2nccn2C)cc1OC. The second-order valence-corrected chi connectivity index (χ2v) is 6.96. The molecule has 0 aliphatic heterocycles. The van der Waals surface area contributed by atoms with Gasteiger partial charge in [0.05, 0.1) is 25.3 Å². The Morgan fingerprint density at radius 2 is 1.97 bits per heavy atom. The third-order valence-electron chi connectivity index (χ3n) is 4.67. The fourth-order valence-corrected chi connectivity index (χ4v) is 3.54. The number of methoxy groups -OCH3 is 2. The molecular weight excluding hydrogens is 402 g/mol. The van der Waals surface area contributed by atoms with Crippen LogP contribution >= 0.6 is 11.6 Å². The molecular formula is C23H24ClN3O3. The number of para-hydroxylation sites is 1. The molecule has 30 heavy (non-hydrogen) atoms. The molecule has 0 radical (unpaired) electrons. The summed E-state index contributed by atoms with van der Waals surface area (Å²) in [6.45, 7) is 0.629. The first-order valence-corrected chi connectivity index (χ1v) is 9.73. The molecule has 1 N–H and O–H groups in total. The highest BCUT2D eigenvalue weighted by Gasteiger charge is 2.22. The number of hydrogen-bond donors (Lipinski definition) is 1. The highest BCUT2D eigenvalue weighted by molar-refractivity contribution is 6.32. The van der Waals surface area contributed by atoms with Gasteiger partial charge in [0.15, 0.2) is 11.5 Å². The van der Waals surface area contributed by atoms with Gasteiger partial charge in [0.1, 0.15) is 18.2 Å². The Balaban J connectivity index is 1.91. The summed E-state index contributed by atoms with van der Waals surface area (Å²) >= 11 is 6.42. The van der Waals surface area contributed by atoms with Crippen molar-refractivity contribution in [3.05, 3.63) is 70.8 Å². The zero-order chi connectivity index (χ0) is 21.5. The maximum atomic E-state index is 6.42. The lowest BCUT2D eigenvalue weighted by Gasteiger charge is -2.22. The van der Waals surface area contributed by atoms with Gasteiger partial charge in [0, 0.05) is 31.5 Å². The lowest BCUT2D eigenvalue weighted by molar-refractivity contribution is 0.330. The molecule has 3 aromatic rings. The van der Waals surface area contributed by atoms with Crippen molar-refractivity contribution in [3.8, 4) is 29.6 Å². The highest BCUT2D eigenvalue weighted by Crippen LogP contribution is 2.37. The molecule has 0 saturated carbocycles. The van der Waals surface area contributed by atoms with Crippen LogP contribution in [-0.2, 0) is 13.6 Å². The fourth-order valence-electron chi connectivity index (χ4n) is 3.25. The topological polar surface area (TPSA) is 57.5 Å². The Morgan fingerprint density at radius 3 is 2.63 bits per heavy atom. The molecule has 0 fully saturated rings. The van der Waals surface area contributed by atoms with E-state index in [0.717, 1.165) is 22.7 Å². The average molecular weight is 426 g/mol. The standard InChI is InChI=1S/C23H24ClN3O3/c1-5-12-30-22-18(24)13-16(14-20(22)29-4)15-26-21(23-25-10-11-27(23)2)17-8-6-7-9-19(17)28-3/h1,6-11,13-14,21,26H,12,15H2,2-4H3. The van der Waals surface area contributed by atoms with Crippen LogP contribution in [0.2, 0.25) is 5.02 Å². The quantitative estimate of drug-likeness (QED) is 0.525. The Hall–Kier alpha value is -3.14. The minimum Gasteiger partial charge on any atom is -0.496 e. The predicted molar refractivity (Wildman–Crippen MR) is 117 cm³/mol. The molecule has 1 aromatic heterocycles. The van der Waals surface area contributed by atoms with Crippen molar-refractivity contribution in [1.29, 1.82) is 0 Å². The molecule has 1 heterocycles. The monoisotopic (exact) mass is 425 g/mol. The Kier molecular flexibility index (Phi) is 7.23. The minimum atomic E-state index is -0.191. The third-order valence-corrected chi connectivity index (χ3v) is 4.95. The van der Waals surface area contributed by atoms with Crippen molar-refractivity contribution >= 4 is 11.6 Å². The van der Waals surface area contributed by atoms with Gasteiger partial charge in [-0.2, -0.15) is 0 Å². The average Bonchev–Trinajstić information content (AvgIpc) is 3.18. The summed E-state index contributed by atoms with van der Waals surface area (Å²) in [6.07, 6.45) is 8.97. The van der Waals surface area contributed by atoms with Gasteiger partial charge >= 0.3 is 0 Å². The Labute approximate surface area is 181 Å². The van der Waals surface area contributed by atoms with E-state index in [1.54, 1.807) is 20.4 Å². The van der Waals surface area contributed by atoms with E-state index in [1.807, 2.05) is 54.2 Å². The molecule has 0 spiro atoms. The first-order chi connectivity index (χ1) is 14.6. The fraction of sp³-hybridized carbons (Fsp3) is 0.261. The van der Waals surface area contributed by atoms with E-state index in [9.17, 15) is 0 Å². The molecule has 6 nitrogen and oxygen atoms in total. The Bertz CT molecular complexity index is 1040. The molecule has 0 aliphatic carbocycles. The van der Waals surface area contributed by atoms with Gasteiger partial charge in [-0.1, -0.05) is 35.7 Å². The summed E-state index contributed by atoms with van der Waals surface area (Å²) < 4.78 is 18.5. The lowest BCUT2D eigenvalue weighted by Crippen LogP contribution is -2.25. The molecule has 1 unspecified atom stereocenters. The molecule has 3 rings (SSSR count). The number of nitrogens with zero attached hydrogens (tertiary/aromatic N) is 2. The van der Waals surface area contributed by atoms with E-state index in [4.69, 9.17) is 32.2 Å². The maximum absolute atomic E-state index is 6.42. The van der Waals surface area contributed by atoms with Crippen molar-refractivity contribution in [1.82, 2.24) is 14.9 Å². The second-order valence-electron chi connectivity index (χ2n) is 6.55. The van der Waals surface area contributed by atoms with Gasteiger partial charge in [-0.15, -0.1) is 6.42 Å². The summed E-state index contributed by atoms with van der Waals surface area (Å²) in [5, 5.41) is 4.00. The van der Waals surface area contributed by atoms with Gasteiger partial charge in [0.2, 0.25) is 0 Å². The zero-order valence-electron chi connectivity index (χ0n) is 17.2. The number of nitrogens with one attached hydrogen (secondary N) is 1. The Morgan fingerprint density at radius 1 is 1.20 bits per heavy atom. The number of rotatable bonds is 9. The van der Waals surface area contributed by atoms with Crippen molar-refractivity contribution < 1.29 is 14.2 Å². The van der Waals surface area contributed by atoms with Gasteiger partial charge in [0.25, 0.3) is 0 Å². The highest BCUT2D eigenvalue weighted by atomic mass is 35.5. The molecule has 0 bridgehead atoms. The minimum absolute atomic E-state index is 0.114. The molecule has 0 saturated heterocycles. The zero-order valence-corrected chi connectivity index (χ0v) is 17.9. The molecule has 7 heteroatoms. The molecule has 156 valence electrons. The summed E-state index contributed by atoms with van der Waals surface area (Å²) in [7, 11) is 5.19. The van der Waals surface area contributed by atoms with Crippen molar-refractivity contribution in [2.45, 2.75) is 12.6 Å². The molecule has 1 atom stereocenters. The van der Waals surface area contributed by atoms with Crippen LogP contribution in [0.25, 0.3) is 0 Å². The van der Waals surface area contributed by atoms with Gasteiger partial charge < -0.3 is 18.8 Å². The van der Waals surface area contributed by atoms with Crippen LogP contribution in [0.5, 0.6) is 17.2 Å². The number of aromatic nitrogens is 2. The summed E-state index contributed by atoms with van der Waals surface area (Å²) in [4.78, 5) is 4.53. The first kappa shape index (κ1) is 21.6. The number of ether oxygens (including phenoxy) is 3. The van der Waals surface area contributed by atoms with Gasteiger partial charge in [-0.25, -0.2) is 4.98 Å². The maximum Gasteiger partial charge on any atom is 0.181 e. The van der Waals surface area contributed by atoms with Crippen LogP contribution in [0, 0.1) is 12.3 Å². The van der Waals surface area contributed by atoms with Crippen LogP contribution in [0.1, 0.15) is 23.0 Å². The second kappa shape index (κ2) is 10.1. The lowest BCUT2D eigenvalue weighted by atomic mass is 10.0. The van der Waals surface area contributed by atoms with E-state index >= 15 is 0 Å². The third kappa shape index (κ3) is 4.70. The van der Waals surface area contributed by atoms with Crippen molar-refractivity contribution in [3.63, 3.8) is 0 Å². The number of terminal acetylenes is 1. The molecule has 2 aromatic carbocycles. The van der Waals surface area contributed by atoms with Crippen LogP contribution in [-0.4, -0.2) is 30.4 Å². The number of benzene rings is 2. The van der Waals surface area contributed by atoms with Crippen LogP contribution in [0.4, 0.5) is 0 Å². The normalized spacial score (nSPS) is 11.6. The van der Waals surface area contributed by atoms with Crippen LogP contribution in [0.15, 0.2) is 48.8 Å². The van der Waals surface area contributed by atoms with E-state index in [-0.39, 0.29) is 12.6 Å². The molecule has 0 aliphatic rings.